The first-order valence-electron chi connectivity index (χ1n) is 9.16. The number of rotatable bonds is 8. The minimum Gasteiger partial charge on any atom is -0.466 e. The topological polar surface area (TPSA) is 91.3 Å². The summed E-state index contributed by atoms with van der Waals surface area (Å²) in [6, 6.07) is 0. The SMILES string of the molecule is CC(=O)OC[C@H]1CC(OC(C)=O)[C@@H](CCO)[C@@H]1COC1CCCCO1. The second-order valence-corrected chi connectivity index (χ2v) is 6.92. The second-order valence-electron chi connectivity index (χ2n) is 6.92. The quantitative estimate of drug-likeness (QED) is 0.660. The highest BCUT2D eigenvalue weighted by atomic mass is 16.7. The minimum atomic E-state index is -0.337. The summed E-state index contributed by atoms with van der Waals surface area (Å²) in [6.45, 7) is 4.21. The van der Waals surface area contributed by atoms with E-state index in [9.17, 15) is 14.7 Å². The Labute approximate surface area is 149 Å². The molecule has 1 saturated heterocycles. The van der Waals surface area contributed by atoms with Gasteiger partial charge >= 0.3 is 11.9 Å². The lowest BCUT2D eigenvalue weighted by molar-refractivity contribution is -0.176. The van der Waals surface area contributed by atoms with E-state index >= 15 is 0 Å². The second kappa shape index (κ2) is 10.1. The Morgan fingerprint density at radius 2 is 1.92 bits per heavy atom. The van der Waals surface area contributed by atoms with E-state index < -0.39 is 0 Å². The van der Waals surface area contributed by atoms with Crippen LogP contribution in [-0.2, 0) is 28.5 Å². The highest BCUT2D eigenvalue weighted by molar-refractivity contribution is 5.66. The third-order valence-corrected chi connectivity index (χ3v) is 5.06. The molecule has 0 spiro atoms. The molecule has 2 aliphatic rings. The van der Waals surface area contributed by atoms with Crippen molar-refractivity contribution in [3.05, 3.63) is 0 Å². The van der Waals surface area contributed by atoms with Gasteiger partial charge in [0.25, 0.3) is 0 Å². The van der Waals surface area contributed by atoms with Crippen LogP contribution in [0.25, 0.3) is 0 Å². The van der Waals surface area contributed by atoms with Crippen molar-refractivity contribution in [1.29, 1.82) is 0 Å². The van der Waals surface area contributed by atoms with Gasteiger partial charge in [-0.2, -0.15) is 0 Å². The fourth-order valence-electron chi connectivity index (χ4n) is 3.91. The summed E-state index contributed by atoms with van der Waals surface area (Å²) in [5.74, 6) is -0.603. The fraction of sp³-hybridized carbons (Fsp3) is 0.889. The first kappa shape index (κ1) is 20.1. The number of hydrogen-bond acceptors (Lipinski definition) is 7. The molecular formula is C18H30O7. The lowest BCUT2D eigenvalue weighted by Gasteiger charge is -2.29. The van der Waals surface area contributed by atoms with Crippen LogP contribution < -0.4 is 0 Å². The molecule has 1 aliphatic heterocycles. The molecule has 1 saturated carbocycles. The molecule has 7 heteroatoms. The Morgan fingerprint density at radius 1 is 1.12 bits per heavy atom. The molecule has 0 aromatic carbocycles. The normalized spacial score (nSPS) is 32.4. The summed E-state index contributed by atoms with van der Waals surface area (Å²) < 4.78 is 22.2. The van der Waals surface area contributed by atoms with Crippen molar-refractivity contribution in [2.45, 2.75) is 58.3 Å². The standard InChI is InChI=1S/C18H30O7/c1-12(20)23-10-14-9-17(25-13(2)21)15(6-7-19)16(14)11-24-18-5-3-4-8-22-18/h14-19H,3-11H2,1-2H3/t14-,15+,16-,17?,18?/m1/s1. The van der Waals surface area contributed by atoms with Crippen molar-refractivity contribution in [1.82, 2.24) is 0 Å². The molecule has 1 aliphatic carbocycles. The number of hydrogen-bond donors (Lipinski definition) is 1. The van der Waals surface area contributed by atoms with Crippen LogP contribution in [0.5, 0.6) is 0 Å². The maximum Gasteiger partial charge on any atom is 0.302 e. The van der Waals surface area contributed by atoms with Gasteiger partial charge < -0.3 is 24.1 Å². The Balaban J connectivity index is 2.02. The average Bonchev–Trinajstić information content (AvgIpc) is 2.88. The van der Waals surface area contributed by atoms with E-state index in [0.29, 0.717) is 26.1 Å². The van der Waals surface area contributed by atoms with Gasteiger partial charge in [-0.25, -0.2) is 0 Å². The molecule has 2 unspecified atom stereocenters. The molecule has 144 valence electrons. The zero-order chi connectivity index (χ0) is 18.2. The van der Waals surface area contributed by atoms with Gasteiger partial charge in [0.15, 0.2) is 6.29 Å². The smallest absolute Gasteiger partial charge is 0.302 e. The number of aliphatic hydroxyl groups excluding tert-OH is 1. The third kappa shape index (κ3) is 6.24. The molecular weight excluding hydrogens is 328 g/mol. The van der Waals surface area contributed by atoms with Crippen LogP contribution in [0, 0.1) is 17.8 Å². The summed E-state index contributed by atoms with van der Waals surface area (Å²) >= 11 is 0. The first-order valence-corrected chi connectivity index (χ1v) is 9.16. The van der Waals surface area contributed by atoms with Gasteiger partial charge in [-0.3, -0.25) is 9.59 Å². The molecule has 2 fully saturated rings. The van der Waals surface area contributed by atoms with Gasteiger partial charge in [-0.15, -0.1) is 0 Å². The Morgan fingerprint density at radius 3 is 2.52 bits per heavy atom. The molecule has 0 aromatic heterocycles. The van der Waals surface area contributed by atoms with Gasteiger partial charge in [-0.1, -0.05) is 0 Å². The molecule has 0 amide bonds. The summed E-state index contributed by atoms with van der Waals surface area (Å²) in [5, 5.41) is 9.43. The van der Waals surface area contributed by atoms with E-state index in [2.05, 4.69) is 0 Å². The number of esters is 2. The van der Waals surface area contributed by atoms with Crippen LogP contribution in [-0.4, -0.2) is 55.9 Å². The van der Waals surface area contributed by atoms with Crippen LogP contribution in [0.4, 0.5) is 0 Å². The van der Waals surface area contributed by atoms with Crippen LogP contribution >= 0.6 is 0 Å². The number of carbonyl (C=O) groups is 2. The molecule has 1 N–H and O–H groups in total. The zero-order valence-electron chi connectivity index (χ0n) is 15.1. The van der Waals surface area contributed by atoms with Crippen molar-refractivity contribution in [3.8, 4) is 0 Å². The Kier molecular flexibility index (Phi) is 8.12. The molecule has 1 heterocycles. The third-order valence-electron chi connectivity index (χ3n) is 5.06. The lowest BCUT2D eigenvalue weighted by atomic mass is 9.88. The number of carbonyl (C=O) groups excluding carboxylic acids is 2. The summed E-state index contributed by atoms with van der Waals surface area (Å²) in [5.41, 5.74) is 0. The summed E-state index contributed by atoms with van der Waals surface area (Å²) in [6.07, 6.45) is 3.66. The number of aliphatic hydroxyl groups is 1. The van der Waals surface area contributed by atoms with E-state index in [-0.39, 0.29) is 55.3 Å². The van der Waals surface area contributed by atoms with Crippen molar-refractivity contribution < 1.29 is 33.6 Å². The monoisotopic (exact) mass is 358 g/mol. The van der Waals surface area contributed by atoms with Crippen molar-refractivity contribution in [3.63, 3.8) is 0 Å². The van der Waals surface area contributed by atoms with Crippen LogP contribution in [0.15, 0.2) is 0 Å². The van der Waals surface area contributed by atoms with Crippen molar-refractivity contribution in [2.75, 3.05) is 26.4 Å². The first-order chi connectivity index (χ1) is 12.0. The number of ether oxygens (including phenoxy) is 4. The van der Waals surface area contributed by atoms with Crippen LogP contribution in [0.2, 0.25) is 0 Å². The molecule has 5 atom stereocenters. The maximum absolute atomic E-state index is 11.4. The Bertz CT molecular complexity index is 433. The molecule has 0 radical (unpaired) electrons. The van der Waals surface area contributed by atoms with Gasteiger partial charge in [0.2, 0.25) is 0 Å². The Hall–Kier alpha value is -1.18. The van der Waals surface area contributed by atoms with Gasteiger partial charge in [0, 0.05) is 38.9 Å². The van der Waals surface area contributed by atoms with Gasteiger partial charge in [-0.05, 0) is 38.0 Å². The van der Waals surface area contributed by atoms with E-state index in [0.717, 1.165) is 19.3 Å². The van der Waals surface area contributed by atoms with E-state index in [1.54, 1.807) is 0 Å². The molecule has 2 rings (SSSR count). The predicted octanol–water partition coefficient (Wildman–Crippen LogP) is 1.66. The fourth-order valence-corrected chi connectivity index (χ4v) is 3.91. The highest BCUT2D eigenvalue weighted by Gasteiger charge is 2.45. The molecule has 0 aromatic rings. The van der Waals surface area contributed by atoms with E-state index in [4.69, 9.17) is 18.9 Å². The van der Waals surface area contributed by atoms with Crippen LogP contribution in [0.1, 0.15) is 46.0 Å². The van der Waals surface area contributed by atoms with Crippen molar-refractivity contribution in [2.24, 2.45) is 17.8 Å². The van der Waals surface area contributed by atoms with E-state index in [1.807, 2.05) is 0 Å². The van der Waals surface area contributed by atoms with Crippen molar-refractivity contribution >= 4 is 11.9 Å². The predicted molar refractivity (Wildman–Crippen MR) is 88.5 cm³/mol. The van der Waals surface area contributed by atoms with Gasteiger partial charge in [0.05, 0.1) is 13.2 Å². The molecule has 7 nitrogen and oxygen atoms in total. The summed E-state index contributed by atoms with van der Waals surface area (Å²) in [4.78, 5) is 22.6. The molecule has 25 heavy (non-hydrogen) atoms. The lowest BCUT2D eigenvalue weighted by Crippen LogP contribution is -2.32. The zero-order valence-corrected chi connectivity index (χ0v) is 15.1. The van der Waals surface area contributed by atoms with Crippen LogP contribution in [0.3, 0.4) is 0 Å². The maximum atomic E-state index is 11.4. The van der Waals surface area contributed by atoms with Gasteiger partial charge in [0.1, 0.15) is 6.10 Å². The highest BCUT2D eigenvalue weighted by Crippen LogP contribution is 2.42. The largest absolute Gasteiger partial charge is 0.466 e. The van der Waals surface area contributed by atoms with E-state index in [1.165, 1.54) is 13.8 Å². The average molecular weight is 358 g/mol. The molecule has 0 bridgehead atoms. The minimum absolute atomic E-state index is 0.0130. The summed E-state index contributed by atoms with van der Waals surface area (Å²) in [7, 11) is 0.